The van der Waals surface area contributed by atoms with Crippen LogP contribution in [0.4, 0.5) is 0 Å². The molecule has 0 aromatic rings. The number of nitrogens with zero attached hydrogens (tertiary/aromatic N) is 1. The molecule has 0 saturated heterocycles. The number of allylic oxidation sites excluding steroid dienone is 3. The minimum atomic E-state index is -4.60. The fraction of sp³-hybridized carbons (Fsp3) is 0.936. The molecule has 9 heteroatoms. The second kappa shape index (κ2) is 69.3. The van der Waals surface area contributed by atoms with E-state index in [-0.39, 0.29) is 19.1 Å². The van der Waals surface area contributed by atoms with Crippen LogP contribution >= 0.6 is 7.82 Å². The lowest BCUT2D eigenvalue weighted by atomic mass is 10.0. The third-order valence-corrected chi connectivity index (χ3v) is 19.4. The summed E-state index contributed by atoms with van der Waals surface area (Å²) < 4.78 is 23.5. The zero-order valence-corrected chi connectivity index (χ0v) is 60.4. The molecule has 87 heavy (non-hydrogen) atoms. The number of likely N-dealkylation sites (N-methyl/N-ethyl adjacent to an activating group) is 1. The number of rotatable bonds is 74. The van der Waals surface area contributed by atoms with Crippen LogP contribution in [0.15, 0.2) is 24.3 Å². The summed E-state index contributed by atoms with van der Waals surface area (Å²) in [5.41, 5.74) is 0. The van der Waals surface area contributed by atoms with E-state index in [4.69, 9.17) is 9.05 Å². The van der Waals surface area contributed by atoms with Crippen LogP contribution in [0.25, 0.3) is 0 Å². The van der Waals surface area contributed by atoms with Crippen molar-refractivity contribution >= 4 is 13.7 Å². The van der Waals surface area contributed by atoms with Crippen LogP contribution in [-0.2, 0) is 18.4 Å². The molecular formula is C78H155N2O6P. The van der Waals surface area contributed by atoms with Crippen molar-refractivity contribution in [2.45, 2.75) is 431 Å². The Morgan fingerprint density at radius 1 is 0.391 bits per heavy atom. The first-order valence-corrected chi connectivity index (χ1v) is 40.7. The number of quaternary nitrogens is 1. The van der Waals surface area contributed by atoms with E-state index in [2.05, 4.69) is 31.3 Å². The summed E-state index contributed by atoms with van der Waals surface area (Å²) in [5.74, 6) is -0.187. The minimum absolute atomic E-state index is 0.00247. The molecule has 0 aliphatic carbocycles. The van der Waals surface area contributed by atoms with Gasteiger partial charge in [0, 0.05) is 6.42 Å². The summed E-state index contributed by atoms with van der Waals surface area (Å²) in [6, 6.07) is -0.885. The summed E-state index contributed by atoms with van der Waals surface area (Å²) in [4.78, 5) is 25.7. The molecule has 0 spiro atoms. The molecule has 518 valence electrons. The molecule has 1 amide bonds. The number of phosphoric ester groups is 1. The van der Waals surface area contributed by atoms with Crippen LogP contribution in [0.3, 0.4) is 0 Å². The van der Waals surface area contributed by atoms with Gasteiger partial charge in [-0.05, 0) is 44.9 Å². The van der Waals surface area contributed by atoms with Crippen molar-refractivity contribution in [2.24, 2.45) is 0 Å². The molecule has 3 unspecified atom stereocenters. The van der Waals surface area contributed by atoms with E-state index >= 15 is 0 Å². The largest absolute Gasteiger partial charge is 0.756 e. The molecule has 0 aliphatic heterocycles. The van der Waals surface area contributed by atoms with Gasteiger partial charge in [-0.2, -0.15) is 0 Å². The molecule has 0 aromatic heterocycles. The van der Waals surface area contributed by atoms with E-state index in [0.29, 0.717) is 17.4 Å². The Labute approximate surface area is 545 Å². The van der Waals surface area contributed by atoms with Crippen molar-refractivity contribution in [2.75, 3.05) is 40.9 Å². The van der Waals surface area contributed by atoms with Crippen molar-refractivity contribution in [1.82, 2.24) is 5.32 Å². The van der Waals surface area contributed by atoms with Gasteiger partial charge in [0.1, 0.15) is 13.2 Å². The lowest BCUT2D eigenvalue weighted by Crippen LogP contribution is -2.45. The molecule has 8 nitrogen and oxygen atoms in total. The molecule has 0 aliphatic rings. The Bertz CT molecular complexity index is 1470. The third kappa shape index (κ3) is 72.3. The first-order valence-electron chi connectivity index (χ1n) is 39.2. The molecule has 3 atom stereocenters. The SMILES string of the molecule is CCCCCCCCCC/C=C\CCCCCCCCCCCCCCCCCCCCCCCCCCCCCCCC(=O)NC(COP(=O)([O-])OCC[N+](C)(C)C)C(O)/C=C/CCCCCCCCCCCCCCCCCCCCCCCC. The maximum Gasteiger partial charge on any atom is 0.268 e. The second-order valence-electron chi connectivity index (χ2n) is 28.4. The molecule has 0 aromatic carbocycles. The Hall–Kier alpha value is -1.02. The second-order valence-corrected chi connectivity index (χ2v) is 29.8. The van der Waals surface area contributed by atoms with Crippen LogP contribution in [0.2, 0.25) is 0 Å². The number of carbonyl (C=O) groups is 1. The maximum absolute atomic E-state index is 13.1. The van der Waals surface area contributed by atoms with E-state index in [0.717, 1.165) is 38.5 Å². The summed E-state index contributed by atoms with van der Waals surface area (Å²) in [6.45, 7) is 4.72. The highest BCUT2D eigenvalue weighted by Crippen LogP contribution is 2.38. The summed E-state index contributed by atoms with van der Waals surface area (Å²) in [7, 11) is 1.28. The van der Waals surface area contributed by atoms with Crippen molar-refractivity contribution in [3.05, 3.63) is 24.3 Å². The van der Waals surface area contributed by atoms with E-state index in [9.17, 15) is 19.4 Å². The van der Waals surface area contributed by atoms with Gasteiger partial charge in [-0.25, -0.2) is 0 Å². The molecular weight excluding hydrogens is 1090 g/mol. The predicted molar refractivity (Wildman–Crippen MR) is 381 cm³/mol. The predicted octanol–water partition coefficient (Wildman–Crippen LogP) is 24.8. The quantitative estimate of drug-likeness (QED) is 0.0272. The summed E-state index contributed by atoms with van der Waals surface area (Å²) >= 11 is 0. The number of carbonyl (C=O) groups excluding carboxylic acids is 1. The number of aliphatic hydroxyl groups is 1. The zero-order valence-electron chi connectivity index (χ0n) is 59.5. The van der Waals surface area contributed by atoms with Crippen LogP contribution in [-0.4, -0.2) is 68.5 Å². The highest BCUT2D eigenvalue weighted by atomic mass is 31.2. The Balaban J connectivity index is 3.88. The lowest BCUT2D eigenvalue weighted by molar-refractivity contribution is -0.870. The molecule has 2 N–H and O–H groups in total. The third-order valence-electron chi connectivity index (χ3n) is 18.4. The van der Waals surface area contributed by atoms with Gasteiger partial charge >= 0.3 is 0 Å². The standard InChI is InChI=1S/C78H155N2O6P/c1-6-8-10-12-14-16-18-20-22-24-26-28-30-32-33-34-35-36-37-38-39-40-41-42-43-44-45-46-47-48-50-52-54-56-58-60-62-64-66-68-70-72-78(82)79-76(75-86-87(83,84)85-74-73-80(3,4)5)77(81)71-69-67-65-63-61-59-57-55-53-51-49-31-29-27-25-23-21-19-17-15-13-11-9-7-2/h24,26,69,71,76-77,81H,6-23,25,27-68,70,72-75H2,1-5H3,(H-,79,82,83,84)/b26-24-,71-69+. The first kappa shape index (κ1) is 86.0. The number of hydrogen-bond donors (Lipinski definition) is 2. The van der Waals surface area contributed by atoms with E-state index in [1.165, 1.54) is 360 Å². The number of phosphoric acid groups is 1. The number of nitrogens with one attached hydrogen (secondary N) is 1. The fourth-order valence-electron chi connectivity index (χ4n) is 12.3. The van der Waals surface area contributed by atoms with Gasteiger partial charge in [0.15, 0.2) is 0 Å². The summed E-state index contributed by atoms with van der Waals surface area (Å²) in [5, 5.41) is 14.0. The van der Waals surface area contributed by atoms with Crippen molar-refractivity contribution in [3.8, 4) is 0 Å². The zero-order chi connectivity index (χ0) is 63.4. The lowest BCUT2D eigenvalue weighted by Gasteiger charge is -2.29. The molecule has 0 radical (unpaired) electrons. The molecule has 0 fully saturated rings. The van der Waals surface area contributed by atoms with Crippen LogP contribution in [0.1, 0.15) is 418 Å². The van der Waals surface area contributed by atoms with Gasteiger partial charge in [-0.15, -0.1) is 0 Å². The average Bonchev–Trinajstić information content (AvgIpc) is 3.71. The topological polar surface area (TPSA) is 108 Å². The molecule has 0 saturated carbocycles. The fourth-order valence-corrected chi connectivity index (χ4v) is 13.1. The van der Waals surface area contributed by atoms with Gasteiger partial charge in [0.2, 0.25) is 5.91 Å². The normalized spacial score (nSPS) is 13.6. The molecule has 0 heterocycles. The maximum atomic E-state index is 13.1. The van der Waals surface area contributed by atoms with E-state index in [1.54, 1.807) is 6.08 Å². The van der Waals surface area contributed by atoms with Crippen LogP contribution < -0.4 is 10.2 Å². The first-order chi connectivity index (χ1) is 42.5. The van der Waals surface area contributed by atoms with Gasteiger partial charge in [0.05, 0.1) is 39.9 Å². The molecule has 0 rings (SSSR count). The van der Waals surface area contributed by atoms with Gasteiger partial charge in [-0.3, -0.25) is 9.36 Å². The Kier molecular flexibility index (Phi) is 68.5. The van der Waals surface area contributed by atoms with Gasteiger partial charge < -0.3 is 28.8 Å². The highest BCUT2D eigenvalue weighted by molar-refractivity contribution is 7.45. The number of hydrogen-bond acceptors (Lipinski definition) is 6. The van der Waals surface area contributed by atoms with Crippen molar-refractivity contribution in [1.29, 1.82) is 0 Å². The van der Waals surface area contributed by atoms with Crippen LogP contribution in [0, 0.1) is 0 Å². The van der Waals surface area contributed by atoms with E-state index < -0.39 is 20.0 Å². The average molecular weight is 1250 g/mol. The number of amides is 1. The molecule has 0 bridgehead atoms. The Morgan fingerprint density at radius 3 is 0.897 bits per heavy atom. The van der Waals surface area contributed by atoms with Gasteiger partial charge in [-0.1, -0.05) is 391 Å². The van der Waals surface area contributed by atoms with Crippen molar-refractivity contribution < 1.29 is 32.9 Å². The minimum Gasteiger partial charge on any atom is -0.756 e. The summed E-state index contributed by atoms with van der Waals surface area (Å²) in [6.07, 6.45) is 92.0. The van der Waals surface area contributed by atoms with Crippen LogP contribution in [0.5, 0.6) is 0 Å². The van der Waals surface area contributed by atoms with E-state index in [1.807, 2.05) is 27.2 Å². The number of aliphatic hydroxyl groups excluding tert-OH is 1. The smallest absolute Gasteiger partial charge is 0.268 e. The van der Waals surface area contributed by atoms with Crippen molar-refractivity contribution in [3.63, 3.8) is 0 Å². The number of unbranched alkanes of at least 4 members (excludes halogenated alkanes) is 59. The Morgan fingerprint density at radius 2 is 0.632 bits per heavy atom. The van der Waals surface area contributed by atoms with Gasteiger partial charge in [0.25, 0.3) is 7.82 Å². The highest BCUT2D eigenvalue weighted by Gasteiger charge is 2.23. The monoisotopic (exact) mass is 1250 g/mol.